The molecule has 394 valence electrons. The fourth-order valence-corrected chi connectivity index (χ4v) is 8.09. The Morgan fingerprint density at radius 1 is 0.426 bits per heavy atom. The Morgan fingerprint density at radius 3 is 1.24 bits per heavy atom. The predicted octanol–water partition coefficient (Wildman–Crippen LogP) is 15.6. The van der Waals surface area contributed by atoms with Gasteiger partial charge < -0.3 is 24.2 Å². The fourth-order valence-electron chi connectivity index (χ4n) is 7.31. The minimum absolute atomic E-state index is 0.106. The molecule has 3 atom stereocenters. The van der Waals surface area contributed by atoms with Gasteiger partial charge in [-0.3, -0.25) is 23.4 Å². The minimum atomic E-state index is -4.75. The number of phosphoric acid groups is 1. The van der Waals surface area contributed by atoms with Gasteiger partial charge in [-0.05, 0) is 70.6 Å². The molecular weight excluding hydrogens is 880 g/mol. The van der Waals surface area contributed by atoms with Crippen molar-refractivity contribution in [2.45, 2.75) is 251 Å². The third kappa shape index (κ3) is 48.2. The van der Waals surface area contributed by atoms with Crippen molar-refractivity contribution < 1.29 is 52.2 Å². The number of aliphatic hydroxyl groups is 1. The maximum atomic E-state index is 12.9. The van der Waals surface area contributed by atoms with Crippen molar-refractivity contribution in [3.05, 3.63) is 60.8 Å². The topological polar surface area (TPSA) is 155 Å². The number of aliphatic hydroxyl groups excluding tert-OH is 1. The standard InChI is InChI=1S/C56H99O11P/c1-4-7-10-13-16-19-21-23-24-25-26-27-28-30-32-35-38-41-44-47-56(60)67-53(49-63-54(58)45-42-39-36-34-31-29-22-20-17-14-11-8-5-2)51-65-68(61,62)64-50-52(48-57)66-55(59)46-43-40-37-33-18-15-12-9-6-3/h8,11,17,20,23-24,29,31,36,39,52-53,57H,4-7,9-10,12-16,18-19,21-22,25-28,30,32-35,37-38,40-51H2,1-3H3,(H,61,62)/b11-8-,20-17-,24-23-,31-29-,39-36-. The normalized spacial score (nSPS) is 13.9. The zero-order chi connectivity index (χ0) is 49.9. The van der Waals surface area contributed by atoms with Gasteiger partial charge in [0, 0.05) is 19.3 Å². The van der Waals surface area contributed by atoms with Crippen molar-refractivity contribution in [2.75, 3.05) is 26.4 Å². The van der Waals surface area contributed by atoms with Gasteiger partial charge in [-0.1, -0.05) is 210 Å². The lowest BCUT2D eigenvalue weighted by Gasteiger charge is -2.21. The van der Waals surface area contributed by atoms with Gasteiger partial charge in [0.2, 0.25) is 0 Å². The van der Waals surface area contributed by atoms with Crippen LogP contribution >= 0.6 is 7.82 Å². The zero-order valence-corrected chi connectivity index (χ0v) is 44.2. The van der Waals surface area contributed by atoms with E-state index in [1.54, 1.807) is 0 Å². The molecule has 0 radical (unpaired) electrons. The lowest BCUT2D eigenvalue weighted by Crippen LogP contribution is -2.30. The van der Waals surface area contributed by atoms with Gasteiger partial charge in [0.15, 0.2) is 6.10 Å². The number of unbranched alkanes of at least 4 members (excludes halogenated alkanes) is 23. The van der Waals surface area contributed by atoms with E-state index < -0.39 is 57.8 Å². The van der Waals surface area contributed by atoms with Crippen LogP contribution in [0.3, 0.4) is 0 Å². The number of hydrogen-bond acceptors (Lipinski definition) is 10. The molecule has 0 aromatic heterocycles. The summed E-state index contributed by atoms with van der Waals surface area (Å²) < 4.78 is 39.3. The van der Waals surface area contributed by atoms with Crippen molar-refractivity contribution in [3.63, 3.8) is 0 Å². The van der Waals surface area contributed by atoms with Crippen LogP contribution in [-0.2, 0) is 42.2 Å². The van der Waals surface area contributed by atoms with Crippen LogP contribution in [0.1, 0.15) is 239 Å². The van der Waals surface area contributed by atoms with E-state index in [-0.39, 0.29) is 25.9 Å². The van der Waals surface area contributed by atoms with Crippen LogP contribution in [0.5, 0.6) is 0 Å². The molecule has 68 heavy (non-hydrogen) atoms. The van der Waals surface area contributed by atoms with Crippen LogP contribution in [0.25, 0.3) is 0 Å². The zero-order valence-electron chi connectivity index (χ0n) is 43.3. The van der Waals surface area contributed by atoms with E-state index in [9.17, 15) is 28.9 Å². The van der Waals surface area contributed by atoms with Gasteiger partial charge in [-0.15, -0.1) is 0 Å². The summed E-state index contributed by atoms with van der Waals surface area (Å²) in [7, 11) is -4.75. The number of allylic oxidation sites excluding steroid dienone is 10. The molecule has 11 nitrogen and oxygen atoms in total. The molecule has 0 rings (SSSR count). The number of carbonyl (C=O) groups is 3. The highest BCUT2D eigenvalue weighted by atomic mass is 31.2. The van der Waals surface area contributed by atoms with Gasteiger partial charge in [-0.2, -0.15) is 0 Å². The number of ether oxygens (including phenoxy) is 3. The average Bonchev–Trinajstić information content (AvgIpc) is 3.32. The molecule has 0 aliphatic heterocycles. The van der Waals surface area contributed by atoms with Gasteiger partial charge in [0.1, 0.15) is 12.7 Å². The van der Waals surface area contributed by atoms with E-state index in [1.165, 1.54) is 116 Å². The second-order valence-electron chi connectivity index (χ2n) is 18.0. The molecule has 0 aliphatic carbocycles. The first-order chi connectivity index (χ1) is 33.2. The first-order valence-electron chi connectivity index (χ1n) is 27.2. The maximum Gasteiger partial charge on any atom is 0.472 e. The van der Waals surface area contributed by atoms with Crippen LogP contribution < -0.4 is 0 Å². The molecule has 0 aromatic carbocycles. The molecule has 0 fully saturated rings. The second-order valence-corrected chi connectivity index (χ2v) is 19.5. The monoisotopic (exact) mass is 979 g/mol. The summed E-state index contributed by atoms with van der Waals surface area (Å²) in [4.78, 5) is 48.3. The lowest BCUT2D eigenvalue weighted by atomic mass is 10.1. The van der Waals surface area contributed by atoms with Gasteiger partial charge in [-0.25, -0.2) is 4.57 Å². The van der Waals surface area contributed by atoms with Crippen molar-refractivity contribution in [1.29, 1.82) is 0 Å². The number of esters is 3. The highest BCUT2D eigenvalue weighted by Gasteiger charge is 2.28. The highest BCUT2D eigenvalue weighted by molar-refractivity contribution is 7.47. The molecule has 0 heterocycles. The first kappa shape index (κ1) is 65.2. The predicted molar refractivity (Wildman–Crippen MR) is 279 cm³/mol. The third-order valence-corrected chi connectivity index (χ3v) is 12.4. The van der Waals surface area contributed by atoms with E-state index in [2.05, 4.69) is 69.4 Å². The quantitative estimate of drug-likeness (QED) is 0.0197. The SMILES string of the molecule is CC/C=C\C/C=C\C/C=C\C/C=C\CCC(=O)OCC(COP(=O)(O)OCC(CO)OC(=O)CCCCCCCCCCC)OC(=O)CCCCCCCCCCC/C=C\CCCCCCCC. The average molecular weight is 979 g/mol. The van der Waals surface area contributed by atoms with Crippen LogP contribution in [0.2, 0.25) is 0 Å². The van der Waals surface area contributed by atoms with Crippen molar-refractivity contribution in [2.24, 2.45) is 0 Å². The van der Waals surface area contributed by atoms with Crippen LogP contribution in [0.15, 0.2) is 60.8 Å². The van der Waals surface area contributed by atoms with Crippen LogP contribution in [-0.4, -0.2) is 66.5 Å². The van der Waals surface area contributed by atoms with Gasteiger partial charge >= 0.3 is 25.7 Å². The van der Waals surface area contributed by atoms with Crippen molar-refractivity contribution >= 4 is 25.7 Å². The maximum absolute atomic E-state index is 12.9. The van der Waals surface area contributed by atoms with Crippen LogP contribution in [0.4, 0.5) is 0 Å². The summed E-state index contributed by atoms with van der Waals surface area (Å²) in [6.07, 6.45) is 53.6. The Bertz CT molecular complexity index is 1370. The Hall–Kier alpha value is -2.82. The number of phosphoric ester groups is 1. The molecule has 3 unspecified atom stereocenters. The fraction of sp³-hybridized carbons (Fsp3) is 0.768. The molecule has 2 N–H and O–H groups in total. The van der Waals surface area contributed by atoms with E-state index in [1.807, 2.05) is 12.2 Å². The third-order valence-electron chi connectivity index (χ3n) is 11.4. The molecule has 0 aliphatic rings. The van der Waals surface area contributed by atoms with E-state index >= 15 is 0 Å². The van der Waals surface area contributed by atoms with E-state index in [4.69, 9.17) is 23.3 Å². The van der Waals surface area contributed by atoms with E-state index in [0.717, 1.165) is 64.2 Å². The van der Waals surface area contributed by atoms with Crippen LogP contribution in [0, 0.1) is 0 Å². The molecule has 0 bridgehead atoms. The second kappa shape index (κ2) is 50.6. The van der Waals surface area contributed by atoms with E-state index in [0.29, 0.717) is 19.3 Å². The minimum Gasteiger partial charge on any atom is -0.462 e. The summed E-state index contributed by atoms with van der Waals surface area (Å²) >= 11 is 0. The molecule has 0 amide bonds. The molecule has 0 spiro atoms. The molecule has 0 aromatic rings. The first-order valence-corrected chi connectivity index (χ1v) is 28.7. The number of carbonyl (C=O) groups excluding carboxylic acids is 3. The van der Waals surface area contributed by atoms with Gasteiger partial charge in [0.05, 0.1) is 19.8 Å². The molecule has 12 heteroatoms. The summed E-state index contributed by atoms with van der Waals surface area (Å²) in [5.41, 5.74) is 0. The number of rotatable bonds is 50. The Balaban J connectivity index is 4.77. The molecule has 0 saturated heterocycles. The highest BCUT2D eigenvalue weighted by Crippen LogP contribution is 2.43. The Labute approximate surface area is 415 Å². The van der Waals surface area contributed by atoms with Crippen molar-refractivity contribution in [1.82, 2.24) is 0 Å². The summed E-state index contributed by atoms with van der Waals surface area (Å²) in [5, 5.41) is 9.75. The van der Waals surface area contributed by atoms with Crippen molar-refractivity contribution in [3.8, 4) is 0 Å². The summed E-state index contributed by atoms with van der Waals surface area (Å²) in [6, 6.07) is 0. The Morgan fingerprint density at radius 2 is 0.794 bits per heavy atom. The molecule has 0 saturated carbocycles. The lowest BCUT2D eigenvalue weighted by molar-refractivity contribution is -0.161. The summed E-state index contributed by atoms with van der Waals surface area (Å²) in [5.74, 6) is -1.56. The van der Waals surface area contributed by atoms with Gasteiger partial charge in [0.25, 0.3) is 0 Å². The number of hydrogen-bond donors (Lipinski definition) is 2. The molecular formula is C56H99O11P. The smallest absolute Gasteiger partial charge is 0.462 e. The Kier molecular flexibility index (Phi) is 48.5. The summed E-state index contributed by atoms with van der Waals surface area (Å²) in [6.45, 7) is 4.42. The largest absolute Gasteiger partial charge is 0.472 e.